The molecule has 1 aliphatic rings. The van der Waals surface area contributed by atoms with Crippen LogP contribution in [0.1, 0.15) is 24.6 Å². The standard InChI is InChI=1S/C14H24N4OS.2ClH/c1-3-12-11-16-14(20-12)18-9-7-17(8-10-18)13(19)5-4-6-15-2;;/h11,15H,3-10H2,1-2H3;2*1H. The third kappa shape index (κ3) is 5.91. The molecule has 0 spiro atoms. The molecule has 0 aliphatic carbocycles. The number of aryl methyl sites for hydroxylation is 1. The Morgan fingerprint density at radius 3 is 2.55 bits per heavy atom. The first-order valence-corrected chi connectivity index (χ1v) is 8.18. The Hall–Kier alpha value is -0.560. The van der Waals surface area contributed by atoms with Crippen molar-refractivity contribution in [3.8, 4) is 0 Å². The van der Waals surface area contributed by atoms with Gasteiger partial charge in [-0.1, -0.05) is 6.92 Å². The molecule has 0 aromatic carbocycles. The molecule has 8 heteroatoms. The molecule has 2 rings (SSSR count). The Balaban J connectivity index is 0.00000220. The molecule has 0 saturated carbocycles. The molecule has 1 N–H and O–H groups in total. The van der Waals surface area contributed by atoms with Gasteiger partial charge in [-0.05, 0) is 26.4 Å². The van der Waals surface area contributed by atoms with Crippen molar-refractivity contribution in [1.29, 1.82) is 0 Å². The maximum absolute atomic E-state index is 12.0. The first kappa shape index (κ1) is 21.4. The highest BCUT2D eigenvalue weighted by Gasteiger charge is 2.22. The lowest BCUT2D eigenvalue weighted by Gasteiger charge is -2.34. The highest BCUT2D eigenvalue weighted by atomic mass is 35.5. The molecular formula is C14H26Cl2N4OS. The predicted molar refractivity (Wildman–Crippen MR) is 97.9 cm³/mol. The number of carbonyl (C=O) groups excluding carboxylic acids is 1. The molecule has 1 aromatic rings. The van der Waals surface area contributed by atoms with Gasteiger partial charge < -0.3 is 15.1 Å². The quantitative estimate of drug-likeness (QED) is 0.781. The summed E-state index contributed by atoms with van der Waals surface area (Å²) in [4.78, 5) is 22.1. The summed E-state index contributed by atoms with van der Waals surface area (Å²) in [5.41, 5.74) is 0. The molecule has 0 unspecified atom stereocenters. The van der Waals surface area contributed by atoms with Gasteiger partial charge in [0.25, 0.3) is 0 Å². The largest absolute Gasteiger partial charge is 0.345 e. The number of amides is 1. The Morgan fingerprint density at radius 2 is 2.00 bits per heavy atom. The van der Waals surface area contributed by atoms with E-state index in [1.807, 2.05) is 18.1 Å². The van der Waals surface area contributed by atoms with Gasteiger partial charge in [-0.3, -0.25) is 4.79 Å². The van der Waals surface area contributed by atoms with Gasteiger partial charge in [-0.25, -0.2) is 4.98 Å². The number of piperazine rings is 1. The van der Waals surface area contributed by atoms with Crippen LogP contribution in [0.3, 0.4) is 0 Å². The molecule has 1 fully saturated rings. The zero-order valence-corrected chi connectivity index (χ0v) is 15.7. The minimum absolute atomic E-state index is 0. The van der Waals surface area contributed by atoms with E-state index >= 15 is 0 Å². The molecule has 1 amide bonds. The van der Waals surface area contributed by atoms with Crippen molar-refractivity contribution in [1.82, 2.24) is 15.2 Å². The normalized spacial score (nSPS) is 14.3. The van der Waals surface area contributed by atoms with Crippen LogP contribution in [0.4, 0.5) is 5.13 Å². The molecular weight excluding hydrogens is 343 g/mol. The second kappa shape index (κ2) is 11.0. The molecule has 1 aromatic heterocycles. The monoisotopic (exact) mass is 368 g/mol. The summed E-state index contributed by atoms with van der Waals surface area (Å²) in [5.74, 6) is 0.285. The van der Waals surface area contributed by atoms with Crippen LogP contribution in [0.25, 0.3) is 0 Å². The fourth-order valence-corrected chi connectivity index (χ4v) is 3.23. The van der Waals surface area contributed by atoms with Crippen LogP contribution in [0, 0.1) is 0 Å². The maximum Gasteiger partial charge on any atom is 0.222 e. The van der Waals surface area contributed by atoms with Crippen LogP contribution in [0.2, 0.25) is 0 Å². The predicted octanol–water partition coefficient (Wildman–Crippen LogP) is 2.20. The summed E-state index contributed by atoms with van der Waals surface area (Å²) in [6, 6.07) is 0. The van der Waals surface area contributed by atoms with E-state index in [1.165, 1.54) is 4.88 Å². The number of thiazole rings is 1. The average molecular weight is 369 g/mol. The van der Waals surface area contributed by atoms with Gasteiger partial charge >= 0.3 is 0 Å². The second-order valence-electron chi connectivity index (χ2n) is 5.04. The molecule has 22 heavy (non-hydrogen) atoms. The number of nitrogens with one attached hydrogen (secondary N) is 1. The smallest absolute Gasteiger partial charge is 0.222 e. The van der Waals surface area contributed by atoms with Crippen molar-refractivity contribution in [3.63, 3.8) is 0 Å². The van der Waals surface area contributed by atoms with E-state index in [2.05, 4.69) is 22.1 Å². The van der Waals surface area contributed by atoms with Crippen LogP contribution in [0.5, 0.6) is 0 Å². The van der Waals surface area contributed by atoms with Gasteiger partial charge in [0, 0.05) is 43.7 Å². The lowest BCUT2D eigenvalue weighted by atomic mass is 10.2. The number of rotatable bonds is 6. The summed E-state index contributed by atoms with van der Waals surface area (Å²) in [5, 5.41) is 4.18. The number of anilines is 1. The highest BCUT2D eigenvalue weighted by Crippen LogP contribution is 2.23. The van der Waals surface area contributed by atoms with Crippen molar-refractivity contribution in [2.45, 2.75) is 26.2 Å². The van der Waals surface area contributed by atoms with Crippen molar-refractivity contribution >= 4 is 47.2 Å². The van der Waals surface area contributed by atoms with Gasteiger partial charge in [0.1, 0.15) is 0 Å². The van der Waals surface area contributed by atoms with Crippen molar-refractivity contribution in [3.05, 3.63) is 11.1 Å². The Kier molecular flexibility index (Phi) is 10.8. The second-order valence-corrected chi connectivity index (χ2v) is 6.13. The number of hydrogen-bond acceptors (Lipinski definition) is 5. The fraction of sp³-hybridized carbons (Fsp3) is 0.714. The maximum atomic E-state index is 12.0. The molecule has 0 atom stereocenters. The zero-order valence-electron chi connectivity index (χ0n) is 13.2. The number of nitrogens with zero attached hydrogens (tertiary/aromatic N) is 3. The van der Waals surface area contributed by atoms with E-state index in [1.54, 1.807) is 11.3 Å². The van der Waals surface area contributed by atoms with Gasteiger partial charge in [0.2, 0.25) is 5.91 Å². The number of aromatic nitrogens is 1. The minimum Gasteiger partial charge on any atom is -0.345 e. The number of halogens is 2. The zero-order chi connectivity index (χ0) is 14.4. The summed E-state index contributed by atoms with van der Waals surface area (Å²) < 4.78 is 0. The van der Waals surface area contributed by atoms with Crippen LogP contribution >= 0.6 is 36.2 Å². The molecule has 0 bridgehead atoms. The summed E-state index contributed by atoms with van der Waals surface area (Å²) in [7, 11) is 1.92. The minimum atomic E-state index is 0. The molecule has 1 saturated heterocycles. The van der Waals surface area contributed by atoms with Crippen molar-refractivity contribution in [2.24, 2.45) is 0 Å². The SMILES string of the molecule is CCc1cnc(N2CCN(C(=O)CCCNC)CC2)s1.Cl.Cl. The first-order valence-electron chi connectivity index (χ1n) is 7.36. The lowest BCUT2D eigenvalue weighted by Crippen LogP contribution is -2.48. The molecule has 1 aliphatic heterocycles. The summed E-state index contributed by atoms with van der Waals surface area (Å²) in [6.45, 7) is 6.49. The van der Waals surface area contributed by atoms with E-state index in [0.717, 1.165) is 50.7 Å². The van der Waals surface area contributed by atoms with Gasteiger partial charge in [-0.15, -0.1) is 36.2 Å². The third-order valence-electron chi connectivity index (χ3n) is 3.61. The summed E-state index contributed by atoms with van der Waals surface area (Å²) in [6.07, 6.45) is 4.58. The molecule has 5 nitrogen and oxygen atoms in total. The van der Waals surface area contributed by atoms with Crippen molar-refractivity contribution < 1.29 is 4.79 Å². The third-order valence-corrected chi connectivity index (χ3v) is 4.81. The van der Waals surface area contributed by atoms with Crippen molar-refractivity contribution in [2.75, 3.05) is 44.7 Å². The number of carbonyl (C=O) groups is 1. The topological polar surface area (TPSA) is 48.5 Å². The van der Waals surface area contributed by atoms with Crippen LogP contribution < -0.4 is 10.2 Å². The van der Waals surface area contributed by atoms with Crippen LogP contribution in [-0.2, 0) is 11.2 Å². The van der Waals surface area contributed by atoms with E-state index in [0.29, 0.717) is 6.42 Å². The molecule has 128 valence electrons. The van der Waals surface area contributed by atoms with Gasteiger partial charge in [0.05, 0.1) is 0 Å². The van der Waals surface area contributed by atoms with E-state index in [9.17, 15) is 4.79 Å². The van der Waals surface area contributed by atoms with E-state index < -0.39 is 0 Å². The van der Waals surface area contributed by atoms with E-state index in [-0.39, 0.29) is 30.7 Å². The number of hydrogen-bond donors (Lipinski definition) is 1. The lowest BCUT2D eigenvalue weighted by molar-refractivity contribution is -0.131. The van der Waals surface area contributed by atoms with Gasteiger partial charge in [-0.2, -0.15) is 0 Å². The summed E-state index contributed by atoms with van der Waals surface area (Å²) >= 11 is 1.77. The van der Waals surface area contributed by atoms with Gasteiger partial charge in [0.15, 0.2) is 5.13 Å². The Bertz CT molecular complexity index is 436. The Labute approximate surface area is 149 Å². The Morgan fingerprint density at radius 1 is 1.32 bits per heavy atom. The fourth-order valence-electron chi connectivity index (χ4n) is 2.33. The van der Waals surface area contributed by atoms with Crippen LogP contribution in [0.15, 0.2) is 6.20 Å². The van der Waals surface area contributed by atoms with E-state index in [4.69, 9.17) is 0 Å². The highest BCUT2D eigenvalue weighted by molar-refractivity contribution is 7.15. The van der Waals surface area contributed by atoms with Crippen LogP contribution in [-0.4, -0.2) is 55.6 Å². The first-order chi connectivity index (χ1) is 9.74. The molecule has 2 heterocycles. The molecule has 0 radical (unpaired) electrons. The average Bonchev–Trinajstić information content (AvgIpc) is 2.96.